The molecular formula is C18H32N4O. The molecule has 130 valence electrons. The Morgan fingerprint density at radius 1 is 1.17 bits per heavy atom. The van der Waals surface area contributed by atoms with Gasteiger partial charge in [0.1, 0.15) is 0 Å². The average molecular weight is 320 g/mol. The van der Waals surface area contributed by atoms with Gasteiger partial charge in [0.05, 0.1) is 0 Å². The second kappa shape index (κ2) is 7.54. The highest BCUT2D eigenvalue weighted by atomic mass is 16.1. The van der Waals surface area contributed by atoms with E-state index in [0.717, 1.165) is 31.9 Å². The van der Waals surface area contributed by atoms with Crippen molar-refractivity contribution in [3.63, 3.8) is 0 Å². The van der Waals surface area contributed by atoms with E-state index in [1.165, 1.54) is 44.9 Å². The van der Waals surface area contributed by atoms with Gasteiger partial charge in [-0.05, 0) is 37.5 Å². The van der Waals surface area contributed by atoms with Crippen LogP contribution in [-0.4, -0.2) is 49.5 Å². The van der Waals surface area contributed by atoms with Crippen molar-refractivity contribution in [2.45, 2.75) is 70.3 Å². The van der Waals surface area contributed by atoms with Crippen LogP contribution in [0, 0.1) is 5.41 Å². The Kier molecular flexibility index (Phi) is 5.44. The highest BCUT2D eigenvalue weighted by Crippen LogP contribution is 2.47. The van der Waals surface area contributed by atoms with Crippen molar-refractivity contribution in [3.8, 4) is 0 Å². The third kappa shape index (κ3) is 4.18. The molecule has 2 saturated carbocycles. The second-order valence-corrected chi connectivity index (χ2v) is 7.65. The molecule has 0 aromatic rings. The van der Waals surface area contributed by atoms with Gasteiger partial charge in [-0.25, -0.2) is 0 Å². The largest absolute Gasteiger partial charge is 0.356 e. The predicted molar refractivity (Wildman–Crippen MR) is 93.5 cm³/mol. The Morgan fingerprint density at radius 3 is 2.57 bits per heavy atom. The van der Waals surface area contributed by atoms with Gasteiger partial charge >= 0.3 is 0 Å². The minimum absolute atomic E-state index is 0.178. The lowest BCUT2D eigenvalue weighted by Gasteiger charge is -2.38. The molecule has 2 N–H and O–H groups in total. The van der Waals surface area contributed by atoms with Crippen LogP contribution in [0.3, 0.4) is 0 Å². The first-order chi connectivity index (χ1) is 11.2. The van der Waals surface area contributed by atoms with Gasteiger partial charge in [-0.1, -0.05) is 25.7 Å². The van der Waals surface area contributed by atoms with Crippen LogP contribution in [-0.2, 0) is 4.79 Å². The van der Waals surface area contributed by atoms with Crippen molar-refractivity contribution in [3.05, 3.63) is 0 Å². The minimum Gasteiger partial charge on any atom is -0.356 e. The van der Waals surface area contributed by atoms with Gasteiger partial charge in [0.2, 0.25) is 5.91 Å². The van der Waals surface area contributed by atoms with E-state index in [-0.39, 0.29) is 5.91 Å². The monoisotopic (exact) mass is 320 g/mol. The normalized spacial score (nSPS) is 24.6. The van der Waals surface area contributed by atoms with Gasteiger partial charge < -0.3 is 15.5 Å². The van der Waals surface area contributed by atoms with Crippen LogP contribution in [0.5, 0.6) is 0 Å². The molecule has 1 saturated heterocycles. The molecule has 2 aliphatic carbocycles. The van der Waals surface area contributed by atoms with E-state index in [2.05, 4.69) is 20.5 Å². The molecule has 3 rings (SSSR count). The quantitative estimate of drug-likeness (QED) is 0.617. The van der Waals surface area contributed by atoms with E-state index in [4.69, 9.17) is 0 Å². The molecule has 0 aromatic heterocycles. The fourth-order valence-corrected chi connectivity index (χ4v) is 4.37. The number of hydrogen-bond acceptors (Lipinski definition) is 2. The number of nitrogens with zero attached hydrogens (tertiary/aromatic N) is 2. The first kappa shape index (κ1) is 16.6. The smallest absolute Gasteiger partial charge is 0.221 e. The summed E-state index contributed by atoms with van der Waals surface area (Å²) >= 11 is 0. The molecule has 1 heterocycles. The number of likely N-dealkylation sites (tertiary alicyclic amines) is 1. The van der Waals surface area contributed by atoms with Crippen LogP contribution >= 0.6 is 0 Å². The second-order valence-electron chi connectivity index (χ2n) is 7.65. The molecule has 3 aliphatic rings. The SMILES string of the molecule is CN=C(NCCC(=O)NC1CCCCC1)N1CCC2(CCC2)C1. The molecule has 5 heteroatoms. The van der Waals surface area contributed by atoms with Crippen LogP contribution in [0.15, 0.2) is 4.99 Å². The van der Waals surface area contributed by atoms with Crippen molar-refractivity contribution in [1.29, 1.82) is 0 Å². The number of carbonyl (C=O) groups is 1. The minimum atomic E-state index is 0.178. The molecule has 23 heavy (non-hydrogen) atoms. The number of aliphatic imine (C=N–C) groups is 1. The molecule has 5 nitrogen and oxygen atoms in total. The van der Waals surface area contributed by atoms with Crippen molar-refractivity contribution in [2.24, 2.45) is 10.4 Å². The van der Waals surface area contributed by atoms with Crippen molar-refractivity contribution in [1.82, 2.24) is 15.5 Å². The number of guanidine groups is 1. The zero-order valence-corrected chi connectivity index (χ0v) is 14.6. The third-order valence-corrected chi connectivity index (χ3v) is 5.97. The molecule has 0 atom stereocenters. The van der Waals surface area contributed by atoms with Gasteiger partial charge in [0.15, 0.2) is 5.96 Å². The zero-order chi connectivity index (χ0) is 16.1. The lowest BCUT2D eigenvalue weighted by atomic mass is 9.68. The lowest BCUT2D eigenvalue weighted by Crippen LogP contribution is -2.44. The fraction of sp³-hybridized carbons (Fsp3) is 0.889. The van der Waals surface area contributed by atoms with Crippen LogP contribution in [0.1, 0.15) is 64.2 Å². The highest BCUT2D eigenvalue weighted by molar-refractivity contribution is 5.81. The summed E-state index contributed by atoms with van der Waals surface area (Å²) in [5.41, 5.74) is 0.579. The van der Waals surface area contributed by atoms with E-state index < -0.39 is 0 Å². The van der Waals surface area contributed by atoms with E-state index in [9.17, 15) is 4.79 Å². The highest BCUT2D eigenvalue weighted by Gasteiger charge is 2.43. The molecule has 1 amide bonds. The van der Waals surface area contributed by atoms with Gasteiger partial charge in [-0.3, -0.25) is 9.79 Å². The summed E-state index contributed by atoms with van der Waals surface area (Å²) in [6, 6.07) is 0.410. The molecule has 3 fully saturated rings. The number of rotatable bonds is 4. The van der Waals surface area contributed by atoms with E-state index in [0.29, 0.717) is 24.4 Å². The summed E-state index contributed by atoms with van der Waals surface area (Å²) < 4.78 is 0. The van der Waals surface area contributed by atoms with Crippen LogP contribution in [0.2, 0.25) is 0 Å². The Balaban J connectivity index is 1.36. The number of nitrogens with one attached hydrogen (secondary N) is 2. The molecular weight excluding hydrogens is 288 g/mol. The van der Waals surface area contributed by atoms with Crippen molar-refractivity contribution >= 4 is 11.9 Å². The topological polar surface area (TPSA) is 56.7 Å². The maximum Gasteiger partial charge on any atom is 0.221 e. The maximum atomic E-state index is 12.1. The van der Waals surface area contributed by atoms with E-state index in [1.807, 2.05) is 7.05 Å². The zero-order valence-electron chi connectivity index (χ0n) is 14.6. The summed E-state index contributed by atoms with van der Waals surface area (Å²) in [5, 5.41) is 6.56. The van der Waals surface area contributed by atoms with Crippen molar-refractivity contribution in [2.75, 3.05) is 26.7 Å². The van der Waals surface area contributed by atoms with Crippen molar-refractivity contribution < 1.29 is 4.79 Å². The Bertz CT molecular complexity index is 438. The number of hydrogen-bond donors (Lipinski definition) is 2. The fourth-order valence-electron chi connectivity index (χ4n) is 4.37. The third-order valence-electron chi connectivity index (χ3n) is 5.97. The van der Waals surface area contributed by atoms with Gasteiger partial charge in [0.25, 0.3) is 0 Å². The summed E-state index contributed by atoms with van der Waals surface area (Å²) in [7, 11) is 1.84. The Labute approximate surface area is 140 Å². The maximum absolute atomic E-state index is 12.1. The predicted octanol–water partition coefficient (Wildman–Crippen LogP) is 2.28. The first-order valence-corrected chi connectivity index (χ1v) is 9.46. The van der Waals surface area contributed by atoms with Crippen LogP contribution in [0.25, 0.3) is 0 Å². The first-order valence-electron chi connectivity index (χ1n) is 9.46. The average Bonchev–Trinajstić information content (AvgIpc) is 2.98. The molecule has 0 aromatic carbocycles. The van der Waals surface area contributed by atoms with Gasteiger partial charge in [-0.15, -0.1) is 0 Å². The molecule has 0 radical (unpaired) electrons. The Morgan fingerprint density at radius 2 is 1.96 bits per heavy atom. The molecule has 1 spiro atoms. The van der Waals surface area contributed by atoms with E-state index in [1.54, 1.807) is 0 Å². The summed E-state index contributed by atoms with van der Waals surface area (Å²) in [5.74, 6) is 1.15. The van der Waals surface area contributed by atoms with Crippen LogP contribution < -0.4 is 10.6 Å². The molecule has 0 unspecified atom stereocenters. The molecule has 1 aliphatic heterocycles. The lowest BCUT2D eigenvalue weighted by molar-refractivity contribution is -0.121. The van der Waals surface area contributed by atoms with Gasteiger partial charge in [0, 0.05) is 39.1 Å². The van der Waals surface area contributed by atoms with Crippen LogP contribution in [0.4, 0.5) is 0 Å². The van der Waals surface area contributed by atoms with Gasteiger partial charge in [-0.2, -0.15) is 0 Å². The number of amides is 1. The van der Waals surface area contributed by atoms with E-state index >= 15 is 0 Å². The summed E-state index contributed by atoms with van der Waals surface area (Å²) in [4.78, 5) is 18.8. The molecule has 0 bridgehead atoms. The summed E-state index contributed by atoms with van der Waals surface area (Å²) in [6.45, 7) is 2.92. The standard InChI is InChI=1S/C18H32N4O/c1-19-17(22-13-11-18(14-22)9-5-10-18)20-12-8-16(23)21-15-6-3-2-4-7-15/h15H,2-14H2,1H3,(H,19,20)(H,21,23). The number of carbonyl (C=O) groups excluding carboxylic acids is 1. The Hall–Kier alpha value is -1.26. The summed E-state index contributed by atoms with van der Waals surface area (Å²) in [6.07, 6.45) is 12.1.